The number of aromatic nitrogens is 1. The molecule has 2 fully saturated rings. The SMILES string of the molecule is COc1c(C2C[C@@H]3CC(F)(F)CC3[C@H]2C(=O)Nc2ccnc(S(N)(=O)=O)c2)ccc(F)c1F. The lowest BCUT2D eigenvalue weighted by molar-refractivity contribution is -0.121. The summed E-state index contributed by atoms with van der Waals surface area (Å²) in [4.78, 5) is 16.9. The van der Waals surface area contributed by atoms with Crippen LogP contribution in [-0.2, 0) is 14.8 Å². The maximum absolute atomic E-state index is 14.4. The van der Waals surface area contributed by atoms with Gasteiger partial charge in [0.05, 0.1) is 7.11 Å². The number of hydrogen-bond acceptors (Lipinski definition) is 5. The largest absolute Gasteiger partial charge is 0.493 e. The Morgan fingerprint density at radius 3 is 2.64 bits per heavy atom. The van der Waals surface area contributed by atoms with Crippen molar-refractivity contribution in [1.29, 1.82) is 0 Å². The first-order valence-electron chi connectivity index (χ1n) is 10.1. The molecule has 1 heterocycles. The van der Waals surface area contributed by atoms with Crippen LogP contribution in [0.15, 0.2) is 35.5 Å². The molecule has 2 aliphatic carbocycles. The Labute approximate surface area is 187 Å². The highest BCUT2D eigenvalue weighted by molar-refractivity contribution is 7.89. The summed E-state index contributed by atoms with van der Waals surface area (Å²) in [7, 11) is -2.98. The number of halogens is 4. The Kier molecular flexibility index (Phi) is 5.85. The third-order valence-corrected chi connectivity index (χ3v) is 7.24. The first-order valence-corrected chi connectivity index (χ1v) is 11.7. The van der Waals surface area contributed by atoms with Gasteiger partial charge in [-0.05, 0) is 36.3 Å². The third kappa shape index (κ3) is 4.41. The van der Waals surface area contributed by atoms with E-state index in [1.807, 2.05) is 0 Å². The number of hydrogen-bond donors (Lipinski definition) is 2. The molecule has 3 N–H and O–H groups in total. The molecule has 7 nitrogen and oxygen atoms in total. The molecule has 178 valence electrons. The quantitative estimate of drug-likeness (QED) is 0.628. The number of nitrogens with two attached hydrogens (primary N) is 1. The van der Waals surface area contributed by atoms with Gasteiger partial charge in [-0.15, -0.1) is 0 Å². The number of methoxy groups -OCH3 is 1. The van der Waals surface area contributed by atoms with Crippen molar-refractivity contribution in [2.75, 3.05) is 12.4 Å². The number of benzene rings is 1. The highest BCUT2D eigenvalue weighted by atomic mass is 32.2. The zero-order chi connectivity index (χ0) is 24.1. The molecule has 2 saturated carbocycles. The molecule has 4 rings (SSSR count). The molecule has 4 atom stereocenters. The molecular weight excluding hydrogens is 466 g/mol. The molecule has 1 aromatic heterocycles. The van der Waals surface area contributed by atoms with Gasteiger partial charge in [0.1, 0.15) is 0 Å². The van der Waals surface area contributed by atoms with Gasteiger partial charge in [-0.25, -0.2) is 31.7 Å². The van der Waals surface area contributed by atoms with Crippen molar-refractivity contribution in [3.8, 4) is 5.75 Å². The minimum atomic E-state index is -4.14. The predicted octanol–water partition coefficient (Wildman–Crippen LogP) is 3.42. The lowest BCUT2D eigenvalue weighted by Gasteiger charge is -2.26. The first-order chi connectivity index (χ1) is 15.4. The van der Waals surface area contributed by atoms with E-state index < -0.39 is 75.0 Å². The number of nitrogens with one attached hydrogen (secondary N) is 1. The smallest absolute Gasteiger partial charge is 0.255 e. The Balaban J connectivity index is 1.71. The Hall–Kier alpha value is -2.73. The van der Waals surface area contributed by atoms with E-state index >= 15 is 0 Å². The zero-order valence-electron chi connectivity index (χ0n) is 17.4. The summed E-state index contributed by atoms with van der Waals surface area (Å²) in [5, 5.41) is 7.14. The van der Waals surface area contributed by atoms with Gasteiger partial charge in [0.2, 0.25) is 17.6 Å². The van der Waals surface area contributed by atoms with E-state index in [-0.39, 0.29) is 23.4 Å². The lowest BCUT2D eigenvalue weighted by atomic mass is 9.82. The second-order valence-corrected chi connectivity index (χ2v) is 9.97. The summed E-state index contributed by atoms with van der Waals surface area (Å²) in [6, 6.07) is 4.59. The van der Waals surface area contributed by atoms with Crippen molar-refractivity contribution in [3.05, 3.63) is 47.7 Å². The van der Waals surface area contributed by atoms with Gasteiger partial charge in [0.25, 0.3) is 10.0 Å². The van der Waals surface area contributed by atoms with Gasteiger partial charge < -0.3 is 10.1 Å². The van der Waals surface area contributed by atoms with E-state index in [9.17, 15) is 30.8 Å². The number of primary sulfonamides is 1. The number of carbonyl (C=O) groups is 1. The van der Waals surface area contributed by atoms with Gasteiger partial charge in [-0.2, -0.15) is 4.39 Å². The van der Waals surface area contributed by atoms with E-state index in [1.54, 1.807) is 0 Å². The van der Waals surface area contributed by atoms with Crippen molar-refractivity contribution in [2.24, 2.45) is 22.9 Å². The zero-order valence-corrected chi connectivity index (χ0v) is 18.2. The number of alkyl halides is 2. The summed E-state index contributed by atoms with van der Waals surface area (Å²) in [5.41, 5.74) is 0.275. The first kappa shape index (κ1) is 23.4. The van der Waals surface area contributed by atoms with E-state index in [0.717, 1.165) is 25.4 Å². The fraction of sp³-hybridized carbons (Fsp3) is 0.429. The van der Waals surface area contributed by atoms with E-state index in [2.05, 4.69) is 10.3 Å². The summed E-state index contributed by atoms with van der Waals surface area (Å²) in [6.07, 6.45) is 0.372. The number of ether oxygens (including phenoxy) is 1. The predicted molar refractivity (Wildman–Crippen MR) is 109 cm³/mol. The molecule has 0 aliphatic heterocycles. The van der Waals surface area contributed by atoms with Crippen LogP contribution in [0.1, 0.15) is 30.7 Å². The number of fused-ring (bicyclic) bond motifs is 1. The van der Waals surface area contributed by atoms with Gasteiger partial charge in [0, 0.05) is 42.3 Å². The highest BCUT2D eigenvalue weighted by Crippen LogP contribution is 2.59. The number of nitrogens with zero attached hydrogens (tertiary/aromatic N) is 1. The Morgan fingerprint density at radius 1 is 1.24 bits per heavy atom. The number of rotatable bonds is 5. The van der Waals surface area contributed by atoms with Crippen molar-refractivity contribution in [3.63, 3.8) is 0 Å². The van der Waals surface area contributed by atoms with Crippen LogP contribution in [0.5, 0.6) is 5.75 Å². The van der Waals surface area contributed by atoms with Crippen LogP contribution in [0.3, 0.4) is 0 Å². The molecule has 12 heteroatoms. The average Bonchev–Trinajstić information content (AvgIpc) is 3.20. The minimum Gasteiger partial charge on any atom is -0.493 e. The van der Waals surface area contributed by atoms with E-state index in [0.29, 0.717) is 0 Å². The number of anilines is 1. The third-order valence-electron chi connectivity index (χ3n) is 6.43. The maximum Gasteiger partial charge on any atom is 0.255 e. The minimum absolute atomic E-state index is 0.0585. The number of pyridine rings is 1. The molecule has 33 heavy (non-hydrogen) atoms. The van der Waals surface area contributed by atoms with E-state index in [4.69, 9.17) is 9.88 Å². The fourth-order valence-electron chi connectivity index (χ4n) is 5.19. The van der Waals surface area contributed by atoms with Gasteiger partial charge in [0.15, 0.2) is 16.6 Å². The second kappa shape index (κ2) is 8.24. The van der Waals surface area contributed by atoms with Crippen LogP contribution in [0.25, 0.3) is 0 Å². The summed E-state index contributed by atoms with van der Waals surface area (Å²) >= 11 is 0. The molecule has 1 aromatic carbocycles. The molecule has 2 aliphatic rings. The van der Waals surface area contributed by atoms with Crippen LogP contribution in [-0.4, -0.2) is 32.3 Å². The van der Waals surface area contributed by atoms with Crippen molar-refractivity contribution in [2.45, 2.75) is 36.1 Å². The van der Waals surface area contributed by atoms with Crippen LogP contribution in [0, 0.1) is 29.4 Å². The van der Waals surface area contributed by atoms with Crippen LogP contribution < -0.4 is 15.2 Å². The standard InChI is InChI=1S/C21H21F4N3O4S/c1-32-19-12(2-3-15(22)18(19)23)13-6-10-8-21(24,25)9-14(10)17(13)20(29)28-11-4-5-27-16(7-11)33(26,30)31/h2-5,7,10,13-14,17H,6,8-9H2,1H3,(H2,26,30,31)(H,27,28,29)/t10-,13?,14?,17+/m1/s1. The summed E-state index contributed by atoms with van der Waals surface area (Å²) in [5.74, 6) is -9.23. The molecule has 2 unspecified atom stereocenters. The molecule has 0 spiro atoms. The monoisotopic (exact) mass is 487 g/mol. The van der Waals surface area contributed by atoms with Crippen molar-refractivity contribution >= 4 is 21.6 Å². The van der Waals surface area contributed by atoms with Crippen molar-refractivity contribution < 1.29 is 35.5 Å². The Morgan fingerprint density at radius 2 is 1.97 bits per heavy atom. The molecular formula is C21H21F4N3O4S. The normalized spacial score (nSPS) is 26.1. The van der Waals surface area contributed by atoms with Gasteiger partial charge in [-0.3, -0.25) is 4.79 Å². The molecule has 0 radical (unpaired) electrons. The fourth-order valence-corrected chi connectivity index (χ4v) is 5.69. The number of carbonyl (C=O) groups excluding carboxylic acids is 1. The summed E-state index contributed by atoms with van der Waals surface area (Å²) < 4.78 is 84.6. The van der Waals surface area contributed by atoms with Crippen LogP contribution >= 0.6 is 0 Å². The molecule has 0 bridgehead atoms. The van der Waals surface area contributed by atoms with Gasteiger partial charge >= 0.3 is 0 Å². The molecule has 0 saturated heterocycles. The van der Waals surface area contributed by atoms with Crippen LogP contribution in [0.2, 0.25) is 0 Å². The molecule has 1 amide bonds. The molecule has 2 aromatic rings. The van der Waals surface area contributed by atoms with Gasteiger partial charge in [-0.1, -0.05) is 6.07 Å². The number of sulfonamides is 1. The van der Waals surface area contributed by atoms with Crippen molar-refractivity contribution in [1.82, 2.24) is 4.98 Å². The average molecular weight is 487 g/mol. The highest BCUT2D eigenvalue weighted by Gasteiger charge is 2.58. The lowest BCUT2D eigenvalue weighted by Crippen LogP contribution is -2.31. The maximum atomic E-state index is 14.4. The Bertz CT molecular complexity index is 1210. The number of amides is 1. The summed E-state index contributed by atoms with van der Waals surface area (Å²) in [6.45, 7) is 0. The van der Waals surface area contributed by atoms with Crippen LogP contribution in [0.4, 0.5) is 23.2 Å². The van der Waals surface area contributed by atoms with E-state index in [1.165, 1.54) is 12.1 Å². The second-order valence-electron chi connectivity index (χ2n) is 8.46. The topological polar surface area (TPSA) is 111 Å².